The van der Waals surface area contributed by atoms with Gasteiger partial charge in [0, 0.05) is 18.2 Å². The maximum absolute atomic E-state index is 13.1. The number of nitrogens with zero attached hydrogens (tertiary/aromatic N) is 1. The van der Waals surface area contributed by atoms with E-state index in [1.807, 2.05) is 6.92 Å². The smallest absolute Gasteiger partial charge is 0.325 e. The average Bonchev–Trinajstić information content (AvgIpc) is 2.36. The Balaban J connectivity index is 2.89. The van der Waals surface area contributed by atoms with E-state index in [9.17, 15) is 18.4 Å². The molecule has 0 spiro atoms. The third-order valence-electron chi connectivity index (χ3n) is 2.52. The van der Waals surface area contributed by atoms with Crippen LogP contribution in [0.1, 0.15) is 30.6 Å². The molecule has 1 rings (SSSR count). The summed E-state index contributed by atoms with van der Waals surface area (Å²) in [5, 5.41) is 0. The van der Waals surface area contributed by atoms with Gasteiger partial charge in [-0.1, -0.05) is 6.92 Å². The van der Waals surface area contributed by atoms with Crippen LogP contribution in [0.2, 0.25) is 0 Å². The highest BCUT2D eigenvalue weighted by Gasteiger charge is 2.20. The second-order valence-corrected chi connectivity index (χ2v) is 4.19. The third kappa shape index (κ3) is 4.60. The second kappa shape index (κ2) is 7.57. The van der Waals surface area contributed by atoms with Gasteiger partial charge in [0.25, 0.3) is 5.91 Å². The lowest BCUT2D eigenvalue weighted by molar-refractivity contribution is -0.143. The zero-order valence-corrected chi connectivity index (χ0v) is 11.5. The Morgan fingerprint density at radius 3 is 2.25 bits per heavy atom. The first-order valence-corrected chi connectivity index (χ1v) is 6.38. The van der Waals surface area contributed by atoms with Crippen molar-refractivity contribution in [1.82, 2.24) is 4.90 Å². The number of hydrogen-bond donors (Lipinski definition) is 0. The molecule has 0 bridgehead atoms. The summed E-state index contributed by atoms with van der Waals surface area (Å²) in [6, 6.07) is 2.57. The van der Waals surface area contributed by atoms with Crippen molar-refractivity contribution in [3.63, 3.8) is 0 Å². The average molecular weight is 285 g/mol. The minimum absolute atomic E-state index is 0.125. The summed E-state index contributed by atoms with van der Waals surface area (Å²) in [5.41, 5.74) is -0.125. The molecule has 0 aliphatic carbocycles. The van der Waals surface area contributed by atoms with Crippen LogP contribution in [0.3, 0.4) is 0 Å². The van der Waals surface area contributed by atoms with Crippen LogP contribution in [-0.2, 0) is 9.53 Å². The van der Waals surface area contributed by atoms with Crippen molar-refractivity contribution in [2.75, 3.05) is 19.7 Å². The highest BCUT2D eigenvalue weighted by Crippen LogP contribution is 2.11. The fourth-order valence-electron chi connectivity index (χ4n) is 1.74. The van der Waals surface area contributed by atoms with Gasteiger partial charge in [-0.2, -0.15) is 0 Å². The first kappa shape index (κ1) is 16.1. The van der Waals surface area contributed by atoms with Gasteiger partial charge in [0.05, 0.1) is 6.61 Å². The number of ether oxygens (including phenoxy) is 1. The Morgan fingerprint density at radius 2 is 1.75 bits per heavy atom. The van der Waals surface area contributed by atoms with Crippen molar-refractivity contribution in [2.24, 2.45) is 0 Å². The predicted octanol–water partition coefficient (Wildman–Crippen LogP) is 2.38. The number of amides is 1. The first-order valence-electron chi connectivity index (χ1n) is 6.38. The van der Waals surface area contributed by atoms with Gasteiger partial charge in [-0.05, 0) is 25.5 Å². The molecular formula is C14H17F2NO3. The number of hydrogen-bond acceptors (Lipinski definition) is 3. The standard InChI is InChI=1S/C14H17F2NO3/c1-3-5-17(9-13(18)20-4-2)14(19)10-6-11(15)8-12(16)7-10/h6-8H,3-5,9H2,1-2H3. The highest BCUT2D eigenvalue weighted by atomic mass is 19.1. The van der Waals surface area contributed by atoms with Crippen molar-refractivity contribution in [3.8, 4) is 0 Å². The number of benzene rings is 1. The molecule has 1 aromatic rings. The van der Waals surface area contributed by atoms with E-state index >= 15 is 0 Å². The predicted molar refractivity (Wildman–Crippen MR) is 69.2 cm³/mol. The Morgan fingerprint density at radius 1 is 1.15 bits per heavy atom. The number of carbonyl (C=O) groups excluding carboxylic acids is 2. The Labute approximate surface area is 116 Å². The molecule has 4 nitrogen and oxygen atoms in total. The van der Waals surface area contributed by atoms with Crippen LogP contribution in [0.25, 0.3) is 0 Å². The van der Waals surface area contributed by atoms with E-state index in [0.717, 1.165) is 12.1 Å². The van der Waals surface area contributed by atoms with E-state index in [-0.39, 0.29) is 18.7 Å². The van der Waals surface area contributed by atoms with Gasteiger partial charge in [-0.3, -0.25) is 9.59 Å². The Hall–Kier alpha value is -1.98. The molecule has 0 N–H and O–H groups in total. The Bertz CT molecular complexity index is 471. The molecule has 0 saturated carbocycles. The van der Waals surface area contributed by atoms with Gasteiger partial charge in [0.15, 0.2) is 0 Å². The van der Waals surface area contributed by atoms with Gasteiger partial charge in [0.1, 0.15) is 18.2 Å². The molecule has 0 aliphatic heterocycles. The molecule has 6 heteroatoms. The van der Waals surface area contributed by atoms with E-state index in [0.29, 0.717) is 19.0 Å². The molecule has 20 heavy (non-hydrogen) atoms. The van der Waals surface area contributed by atoms with E-state index in [1.165, 1.54) is 4.90 Å². The largest absolute Gasteiger partial charge is 0.465 e. The van der Waals surface area contributed by atoms with Crippen LogP contribution in [0.15, 0.2) is 18.2 Å². The lowest BCUT2D eigenvalue weighted by Gasteiger charge is -2.21. The normalized spacial score (nSPS) is 10.2. The van der Waals surface area contributed by atoms with E-state index in [4.69, 9.17) is 4.74 Å². The van der Waals surface area contributed by atoms with E-state index in [2.05, 4.69) is 0 Å². The molecule has 0 atom stereocenters. The molecule has 0 aliphatic rings. The fourth-order valence-corrected chi connectivity index (χ4v) is 1.74. The van der Waals surface area contributed by atoms with Crippen LogP contribution in [0, 0.1) is 11.6 Å². The monoisotopic (exact) mass is 285 g/mol. The summed E-state index contributed by atoms with van der Waals surface area (Å²) in [7, 11) is 0. The number of carbonyl (C=O) groups is 2. The van der Waals surface area contributed by atoms with Crippen LogP contribution < -0.4 is 0 Å². The quantitative estimate of drug-likeness (QED) is 0.754. The van der Waals surface area contributed by atoms with Crippen molar-refractivity contribution >= 4 is 11.9 Å². The first-order chi connectivity index (χ1) is 9.47. The lowest BCUT2D eigenvalue weighted by Crippen LogP contribution is -2.37. The van der Waals surface area contributed by atoms with Crippen molar-refractivity contribution in [1.29, 1.82) is 0 Å². The molecule has 0 heterocycles. The van der Waals surface area contributed by atoms with E-state index < -0.39 is 23.5 Å². The van der Waals surface area contributed by atoms with Crippen LogP contribution in [-0.4, -0.2) is 36.5 Å². The zero-order valence-electron chi connectivity index (χ0n) is 11.5. The van der Waals surface area contributed by atoms with Gasteiger partial charge < -0.3 is 9.64 Å². The number of rotatable bonds is 6. The summed E-state index contributed by atoms with van der Waals surface area (Å²) in [6.07, 6.45) is 0.614. The topological polar surface area (TPSA) is 46.6 Å². The van der Waals surface area contributed by atoms with Crippen molar-refractivity contribution in [3.05, 3.63) is 35.4 Å². The second-order valence-electron chi connectivity index (χ2n) is 4.19. The van der Waals surface area contributed by atoms with E-state index in [1.54, 1.807) is 6.92 Å². The summed E-state index contributed by atoms with van der Waals surface area (Å²) in [4.78, 5) is 24.8. The Kier molecular flexibility index (Phi) is 6.09. The van der Waals surface area contributed by atoms with Crippen molar-refractivity contribution < 1.29 is 23.1 Å². The molecule has 0 aromatic heterocycles. The molecule has 0 saturated heterocycles. The maximum Gasteiger partial charge on any atom is 0.325 e. The van der Waals surface area contributed by atoms with Gasteiger partial charge >= 0.3 is 5.97 Å². The van der Waals surface area contributed by atoms with Crippen LogP contribution in [0.5, 0.6) is 0 Å². The zero-order chi connectivity index (χ0) is 15.1. The van der Waals surface area contributed by atoms with Gasteiger partial charge in [-0.15, -0.1) is 0 Å². The minimum atomic E-state index is -0.832. The molecule has 0 unspecified atom stereocenters. The SMILES string of the molecule is CCCN(CC(=O)OCC)C(=O)c1cc(F)cc(F)c1. The summed E-state index contributed by atoms with van der Waals surface area (Å²) in [6.45, 7) is 3.76. The maximum atomic E-state index is 13.1. The third-order valence-corrected chi connectivity index (χ3v) is 2.52. The lowest BCUT2D eigenvalue weighted by atomic mass is 10.2. The molecule has 1 amide bonds. The van der Waals surface area contributed by atoms with Crippen molar-refractivity contribution in [2.45, 2.75) is 20.3 Å². The van der Waals surface area contributed by atoms with Crippen LogP contribution in [0.4, 0.5) is 8.78 Å². The molecule has 0 radical (unpaired) electrons. The molecule has 1 aromatic carbocycles. The van der Waals surface area contributed by atoms with Gasteiger partial charge in [0.2, 0.25) is 0 Å². The number of halogens is 2. The van der Waals surface area contributed by atoms with Gasteiger partial charge in [-0.25, -0.2) is 8.78 Å². The highest BCUT2D eigenvalue weighted by molar-refractivity contribution is 5.96. The summed E-state index contributed by atoms with van der Waals surface area (Å²) < 4.78 is 31.0. The fraction of sp³-hybridized carbons (Fsp3) is 0.429. The minimum Gasteiger partial charge on any atom is -0.465 e. The summed E-state index contributed by atoms with van der Waals surface area (Å²) >= 11 is 0. The molecular weight excluding hydrogens is 268 g/mol. The summed E-state index contributed by atoms with van der Waals surface area (Å²) in [5.74, 6) is -2.81. The molecule has 0 fully saturated rings. The van der Waals surface area contributed by atoms with Crippen LogP contribution >= 0.6 is 0 Å². The molecule has 110 valence electrons. The number of esters is 1.